The summed E-state index contributed by atoms with van der Waals surface area (Å²) in [7, 11) is 1.37. The van der Waals surface area contributed by atoms with Crippen molar-refractivity contribution in [2.45, 2.75) is 6.42 Å². The van der Waals surface area contributed by atoms with Crippen LogP contribution in [-0.4, -0.2) is 60.7 Å². The van der Waals surface area contributed by atoms with Crippen LogP contribution in [0.5, 0.6) is 17.2 Å². The molecule has 27 heavy (non-hydrogen) atoms. The van der Waals surface area contributed by atoms with Gasteiger partial charge in [-0.05, 0) is 12.1 Å². The van der Waals surface area contributed by atoms with E-state index in [1.807, 2.05) is 5.38 Å². The molecule has 1 fully saturated rings. The highest BCUT2D eigenvalue weighted by Gasteiger charge is 2.15. The van der Waals surface area contributed by atoms with E-state index in [1.165, 1.54) is 36.8 Å². The number of thiazole rings is 1. The van der Waals surface area contributed by atoms with Crippen LogP contribution in [0.1, 0.15) is 11.3 Å². The van der Waals surface area contributed by atoms with E-state index in [4.69, 9.17) is 9.47 Å². The molecule has 1 aliphatic rings. The number of hydrazone groups is 1. The van der Waals surface area contributed by atoms with Crippen molar-refractivity contribution in [3.63, 3.8) is 0 Å². The van der Waals surface area contributed by atoms with Gasteiger partial charge in [-0.1, -0.05) is 0 Å². The number of ether oxygens (including phenoxy) is 2. The van der Waals surface area contributed by atoms with Crippen LogP contribution >= 0.6 is 11.3 Å². The molecule has 1 aromatic carbocycles. The number of phenols is 2. The van der Waals surface area contributed by atoms with E-state index in [1.54, 1.807) is 0 Å². The van der Waals surface area contributed by atoms with E-state index >= 15 is 0 Å². The second-order valence-electron chi connectivity index (χ2n) is 5.78. The predicted octanol–water partition coefficient (Wildman–Crippen LogP) is 1.09. The molecular formula is C17H20N4O5S. The summed E-state index contributed by atoms with van der Waals surface area (Å²) >= 11 is 1.50. The number of amides is 1. The summed E-state index contributed by atoms with van der Waals surface area (Å²) in [6, 6.07) is 2.79. The lowest BCUT2D eigenvalue weighted by Crippen LogP contribution is -2.36. The minimum Gasteiger partial charge on any atom is -0.504 e. The van der Waals surface area contributed by atoms with Gasteiger partial charge in [0.1, 0.15) is 0 Å². The Balaban J connectivity index is 1.54. The number of nitrogens with zero attached hydrogens (tertiary/aromatic N) is 3. The lowest BCUT2D eigenvalue weighted by molar-refractivity contribution is -0.120. The Labute approximate surface area is 159 Å². The number of hydrogen-bond donors (Lipinski definition) is 3. The third kappa shape index (κ3) is 4.86. The summed E-state index contributed by atoms with van der Waals surface area (Å²) in [4.78, 5) is 18.6. The molecule has 3 N–H and O–H groups in total. The number of aromatic nitrogens is 1. The fourth-order valence-corrected chi connectivity index (χ4v) is 3.38. The number of phenolic OH excluding ortho intramolecular Hbond substituents is 2. The molecule has 144 valence electrons. The Bertz CT molecular complexity index is 833. The maximum Gasteiger partial charge on any atom is 0.246 e. The molecular weight excluding hydrogens is 372 g/mol. The lowest BCUT2D eigenvalue weighted by Gasteiger charge is -2.26. The molecule has 1 amide bonds. The number of rotatable bonds is 6. The maximum absolute atomic E-state index is 12.0. The minimum atomic E-state index is -0.349. The van der Waals surface area contributed by atoms with E-state index in [9.17, 15) is 15.0 Å². The number of benzene rings is 1. The monoisotopic (exact) mass is 392 g/mol. The van der Waals surface area contributed by atoms with Gasteiger partial charge in [0.2, 0.25) is 11.7 Å². The van der Waals surface area contributed by atoms with Crippen LogP contribution in [0.3, 0.4) is 0 Å². The average molecular weight is 392 g/mol. The predicted molar refractivity (Wildman–Crippen MR) is 101 cm³/mol. The fourth-order valence-electron chi connectivity index (χ4n) is 2.50. The first-order valence-corrected chi connectivity index (χ1v) is 9.13. The first kappa shape index (κ1) is 18.9. The van der Waals surface area contributed by atoms with Crippen LogP contribution in [0.15, 0.2) is 22.6 Å². The number of morpholine rings is 1. The van der Waals surface area contributed by atoms with Gasteiger partial charge in [0.05, 0.1) is 38.7 Å². The average Bonchev–Trinajstić information content (AvgIpc) is 3.13. The van der Waals surface area contributed by atoms with E-state index < -0.39 is 0 Å². The van der Waals surface area contributed by atoms with E-state index in [0.29, 0.717) is 24.5 Å². The molecule has 0 aliphatic carbocycles. The molecule has 0 atom stereocenters. The van der Waals surface area contributed by atoms with Crippen LogP contribution in [-0.2, 0) is 16.0 Å². The number of carbonyl (C=O) groups is 1. The molecule has 1 aromatic heterocycles. The first-order valence-electron chi connectivity index (χ1n) is 8.26. The van der Waals surface area contributed by atoms with Gasteiger partial charge in [-0.15, -0.1) is 11.3 Å². The molecule has 0 spiro atoms. The molecule has 0 unspecified atom stereocenters. The van der Waals surface area contributed by atoms with Crippen molar-refractivity contribution in [1.82, 2.24) is 10.4 Å². The van der Waals surface area contributed by atoms with Gasteiger partial charge in [0.25, 0.3) is 0 Å². The molecule has 1 aliphatic heterocycles. The number of carbonyl (C=O) groups excluding carboxylic acids is 1. The molecule has 0 bridgehead atoms. The quantitative estimate of drug-likeness (QED) is 0.383. The molecule has 0 radical (unpaired) electrons. The summed E-state index contributed by atoms with van der Waals surface area (Å²) in [6.07, 6.45) is 1.46. The SMILES string of the molecule is COc1cc(/C=N/NC(=O)Cc2csc(N3CCOCC3)n2)cc(O)c1O. The Morgan fingerprint density at radius 1 is 1.44 bits per heavy atom. The van der Waals surface area contributed by atoms with Crippen LogP contribution in [0.25, 0.3) is 0 Å². The van der Waals surface area contributed by atoms with Crippen molar-refractivity contribution in [3.05, 3.63) is 28.8 Å². The van der Waals surface area contributed by atoms with Crippen molar-refractivity contribution < 1.29 is 24.5 Å². The second-order valence-corrected chi connectivity index (χ2v) is 6.62. The lowest BCUT2D eigenvalue weighted by atomic mass is 10.2. The molecule has 9 nitrogen and oxygen atoms in total. The van der Waals surface area contributed by atoms with Crippen LogP contribution in [0.4, 0.5) is 5.13 Å². The normalized spacial score (nSPS) is 14.5. The Hall–Kier alpha value is -2.85. The molecule has 10 heteroatoms. The van der Waals surface area contributed by atoms with Crippen LogP contribution in [0, 0.1) is 0 Å². The van der Waals surface area contributed by atoms with Gasteiger partial charge in [-0.25, -0.2) is 10.4 Å². The third-order valence-corrected chi connectivity index (χ3v) is 4.81. The van der Waals surface area contributed by atoms with Crippen molar-refractivity contribution in [3.8, 4) is 17.2 Å². The number of methoxy groups -OCH3 is 1. The molecule has 3 rings (SSSR count). The number of hydrogen-bond acceptors (Lipinski definition) is 9. The third-order valence-electron chi connectivity index (χ3n) is 3.86. The first-order chi connectivity index (χ1) is 13.1. The van der Waals surface area contributed by atoms with Crippen molar-refractivity contribution in [2.75, 3.05) is 38.3 Å². The standard InChI is InChI=1S/C17H20N4O5S/c1-25-14-7-11(6-13(22)16(14)24)9-18-20-15(23)8-12-10-27-17(19-12)21-2-4-26-5-3-21/h6-7,9-10,22,24H,2-5,8H2,1H3,(H,20,23)/b18-9+. The van der Waals surface area contributed by atoms with Gasteiger partial charge >= 0.3 is 0 Å². The highest BCUT2D eigenvalue weighted by atomic mass is 32.1. The molecule has 2 heterocycles. The summed E-state index contributed by atoms with van der Waals surface area (Å²) in [5.41, 5.74) is 3.56. The summed E-state index contributed by atoms with van der Waals surface area (Å²) in [5, 5.41) is 25.8. The topological polar surface area (TPSA) is 117 Å². The fraction of sp³-hybridized carbons (Fsp3) is 0.353. The molecule has 1 saturated heterocycles. The number of anilines is 1. The second kappa shape index (κ2) is 8.69. The van der Waals surface area contributed by atoms with Gasteiger partial charge in [-0.3, -0.25) is 4.79 Å². The van der Waals surface area contributed by atoms with Crippen molar-refractivity contribution in [2.24, 2.45) is 5.10 Å². The zero-order valence-electron chi connectivity index (χ0n) is 14.7. The molecule has 2 aromatic rings. The Morgan fingerprint density at radius 2 is 2.22 bits per heavy atom. The van der Waals surface area contributed by atoms with E-state index in [-0.39, 0.29) is 29.6 Å². The van der Waals surface area contributed by atoms with Gasteiger partial charge in [0, 0.05) is 24.0 Å². The maximum atomic E-state index is 12.0. The molecule has 0 saturated carbocycles. The number of nitrogens with one attached hydrogen (secondary N) is 1. The Morgan fingerprint density at radius 3 is 2.96 bits per heavy atom. The number of aromatic hydroxyl groups is 2. The minimum absolute atomic E-state index is 0.112. The summed E-state index contributed by atoms with van der Waals surface area (Å²) in [6.45, 7) is 2.96. The zero-order valence-corrected chi connectivity index (χ0v) is 15.5. The highest BCUT2D eigenvalue weighted by Crippen LogP contribution is 2.35. The summed E-state index contributed by atoms with van der Waals surface area (Å²) < 4.78 is 10.3. The van der Waals surface area contributed by atoms with Crippen LogP contribution in [0.2, 0.25) is 0 Å². The zero-order chi connectivity index (χ0) is 19.2. The van der Waals surface area contributed by atoms with Crippen LogP contribution < -0.4 is 15.1 Å². The van der Waals surface area contributed by atoms with E-state index in [2.05, 4.69) is 20.4 Å². The van der Waals surface area contributed by atoms with Gasteiger partial charge in [0.15, 0.2) is 16.6 Å². The van der Waals surface area contributed by atoms with Crippen molar-refractivity contribution in [1.29, 1.82) is 0 Å². The summed E-state index contributed by atoms with van der Waals surface area (Å²) in [5.74, 6) is -0.875. The smallest absolute Gasteiger partial charge is 0.246 e. The van der Waals surface area contributed by atoms with E-state index in [0.717, 1.165) is 18.2 Å². The van der Waals surface area contributed by atoms with Crippen molar-refractivity contribution >= 4 is 28.6 Å². The van der Waals surface area contributed by atoms with Gasteiger partial charge in [-0.2, -0.15) is 5.10 Å². The largest absolute Gasteiger partial charge is 0.504 e. The Kier molecular flexibility index (Phi) is 6.09. The van der Waals surface area contributed by atoms with Gasteiger partial charge < -0.3 is 24.6 Å². The highest BCUT2D eigenvalue weighted by molar-refractivity contribution is 7.13.